The molecule has 0 aromatic carbocycles. The molecule has 3 atom stereocenters. The summed E-state index contributed by atoms with van der Waals surface area (Å²) in [6.07, 6.45) is 1.98. The van der Waals surface area contributed by atoms with Crippen LogP contribution in [0.25, 0.3) is 11.2 Å². The molecule has 1 saturated heterocycles. The number of hydrogen-bond acceptors (Lipinski definition) is 8. The lowest BCUT2D eigenvalue weighted by Gasteiger charge is -2.15. The highest BCUT2D eigenvalue weighted by molar-refractivity contribution is 5.77. The second-order valence-electron chi connectivity index (χ2n) is 5.53. The summed E-state index contributed by atoms with van der Waals surface area (Å²) in [5.41, 5.74) is 6.69. The van der Waals surface area contributed by atoms with E-state index in [0.29, 0.717) is 30.1 Å². The highest BCUT2D eigenvalue weighted by Crippen LogP contribution is 2.33. The Morgan fingerprint density at radius 3 is 3.00 bits per heavy atom. The summed E-state index contributed by atoms with van der Waals surface area (Å²) in [4.78, 5) is 12.5. The number of anilines is 1. The van der Waals surface area contributed by atoms with Crippen LogP contribution < -0.4 is 10.5 Å². The average molecular weight is 323 g/mol. The summed E-state index contributed by atoms with van der Waals surface area (Å²) in [5.74, 6) is 0.443. The Hall–Kier alpha value is -1.97. The van der Waals surface area contributed by atoms with Crippen LogP contribution in [0.2, 0.25) is 0 Å². The van der Waals surface area contributed by atoms with Gasteiger partial charge in [-0.25, -0.2) is 4.98 Å². The lowest BCUT2D eigenvalue weighted by atomic mass is 10.2. The topological polar surface area (TPSA) is 129 Å². The first-order valence-electron chi connectivity index (χ1n) is 7.71. The van der Waals surface area contributed by atoms with Gasteiger partial charge in [0, 0.05) is 6.42 Å². The van der Waals surface area contributed by atoms with E-state index in [2.05, 4.69) is 21.9 Å². The fourth-order valence-electron chi connectivity index (χ4n) is 2.61. The standard InChI is InChI=1S/C14H21N5O4/c1-2-3-4-22-13-11-12(17-14(15)18-13)16-7-19(11)10-5-8(21)9(6-20)23-10/h7-10,20-21H,2-6H2,1H3,(H2,15,17,18)/t8-,9+,10+/m0/s1. The van der Waals surface area contributed by atoms with Gasteiger partial charge in [-0.3, -0.25) is 4.57 Å². The van der Waals surface area contributed by atoms with E-state index in [0.717, 1.165) is 12.8 Å². The van der Waals surface area contributed by atoms with Crippen LogP contribution in [0.15, 0.2) is 6.33 Å². The summed E-state index contributed by atoms with van der Waals surface area (Å²) in [6.45, 7) is 2.34. The third kappa shape index (κ3) is 3.07. The normalized spacial score (nSPS) is 24.4. The van der Waals surface area contributed by atoms with Crippen LogP contribution in [0.5, 0.6) is 5.88 Å². The minimum atomic E-state index is -0.735. The maximum absolute atomic E-state index is 9.92. The van der Waals surface area contributed by atoms with Crippen molar-refractivity contribution < 1.29 is 19.7 Å². The summed E-state index contributed by atoms with van der Waals surface area (Å²) >= 11 is 0. The Morgan fingerprint density at radius 1 is 1.48 bits per heavy atom. The number of aliphatic hydroxyl groups excluding tert-OH is 2. The molecule has 0 amide bonds. The van der Waals surface area contributed by atoms with Crippen LogP contribution in [0.3, 0.4) is 0 Å². The number of hydrogen-bond donors (Lipinski definition) is 3. The zero-order valence-corrected chi connectivity index (χ0v) is 12.9. The van der Waals surface area contributed by atoms with E-state index in [1.54, 1.807) is 10.9 Å². The molecule has 0 unspecified atom stereocenters. The number of rotatable bonds is 6. The lowest BCUT2D eigenvalue weighted by Crippen LogP contribution is -2.24. The minimum absolute atomic E-state index is 0.0925. The Labute approximate surface area is 133 Å². The predicted molar refractivity (Wildman–Crippen MR) is 81.8 cm³/mol. The van der Waals surface area contributed by atoms with Crippen molar-refractivity contribution >= 4 is 17.1 Å². The van der Waals surface area contributed by atoms with Gasteiger partial charge in [0.15, 0.2) is 11.2 Å². The van der Waals surface area contributed by atoms with E-state index in [9.17, 15) is 10.2 Å². The van der Waals surface area contributed by atoms with Crippen molar-refractivity contribution in [3.05, 3.63) is 6.33 Å². The number of nitrogen functional groups attached to an aromatic ring is 1. The van der Waals surface area contributed by atoms with Gasteiger partial charge in [-0.15, -0.1) is 0 Å². The Bertz CT molecular complexity index is 676. The van der Waals surface area contributed by atoms with Crippen molar-refractivity contribution in [3.63, 3.8) is 0 Å². The minimum Gasteiger partial charge on any atom is -0.476 e. The Balaban J connectivity index is 1.95. The summed E-state index contributed by atoms with van der Waals surface area (Å²) < 4.78 is 13.1. The summed E-state index contributed by atoms with van der Waals surface area (Å²) in [7, 11) is 0. The van der Waals surface area contributed by atoms with Crippen LogP contribution in [0.1, 0.15) is 32.4 Å². The monoisotopic (exact) mass is 323 g/mol. The first kappa shape index (κ1) is 15.9. The molecule has 1 aliphatic rings. The van der Waals surface area contributed by atoms with Gasteiger partial charge >= 0.3 is 0 Å². The number of ether oxygens (including phenoxy) is 2. The Morgan fingerprint density at radius 2 is 2.30 bits per heavy atom. The van der Waals surface area contributed by atoms with E-state index >= 15 is 0 Å². The number of nitrogens with zero attached hydrogens (tertiary/aromatic N) is 4. The Kier molecular flexibility index (Phi) is 4.60. The summed E-state index contributed by atoms with van der Waals surface area (Å²) in [6, 6.07) is 0. The van der Waals surface area contributed by atoms with E-state index in [1.165, 1.54) is 0 Å². The molecular formula is C14H21N5O4. The highest BCUT2D eigenvalue weighted by atomic mass is 16.5. The zero-order chi connectivity index (χ0) is 16.4. The second kappa shape index (κ2) is 6.65. The number of aliphatic hydroxyl groups is 2. The molecule has 23 heavy (non-hydrogen) atoms. The molecule has 4 N–H and O–H groups in total. The SMILES string of the molecule is CCCCOc1nc(N)nc2ncn([C@H]3C[C@H](O)[C@@H](CO)O3)c12. The van der Waals surface area contributed by atoms with Gasteiger partial charge in [0.25, 0.3) is 0 Å². The molecule has 0 aliphatic carbocycles. The molecule has 0 spiro atoms. The number of nitrogens with two attached hydrogens (primary N) is 1. The third-order valence-electron chi connectivity index (χ3n) is 3.84. The van der Waals surface area contributed by atoms with Crippen LogP contribution in [-0.2, 0) is 4.74 Å². The molecule has 2 aromatic heterocycles. The van der Waals surface area contributed by atoms with Crippen LogP contribution in [0, 0.1) is 0 Å². The fraction of sp³-hybridized carbons (Fsp3) is 0.643. The van der Waals surface area contributed by atoms with Gasteiger partial charge in [-0.2, -0.15) is 9.97 Å². The largest absolute Gasteiger partial charge is 0.476 e. The fourth-order valence-corrected chi connectivity index (χ4v) is 2.61. The number of unbranched alkanes of at least 4 members (excludes halogenated alkanes) is 1. The van der Waals surface area contributed by atoms with Crippen molar-refractivity contribution in [2.24, 2.45) is 0 Å². The van der Waals surface area contributed by atoms with E-state index in [4.69, 9.17) is 15.2 Å². The van der Waals surface area contributed by atoms with Gasteiger partial charge in [-0.1, -0.05) is 13.3 Å². The molecule has 3 heterocycles. The molecule has 3 rings (SSSR count). The van der Waals surface area contributed by atoms with Crippen LogP contribution in [-0.4, -0.2) is 55.2 Å². The third-order valence-corrected chi connectivity index (χ3v) is 3.84. The molecule has 9 nitrogen and oxygen atoms in total. The van der Waals surface area contributed by atoms with Crippen molar-refractivity contribution in [2.75, 3.05) is 18.9 Å². The molecule has 0 bridgehead atoms. The molecule has 2 aromatic rings. The molecule has 1 fully saturated rings. The van der Waals surface area contributed by atoms with E-state index in [1.807, 2.05) is 0 Å². The molecule has 9 heteroatoms. The molecular weight excluding hydrogens is 302 g/mol. The second-order valence-corrected chi connectivity index (χ2v) is 5.53. The first-order valence-corrected chi connectivity index (χ1v) is 7.71. The van der Waals surface area contributed by atoms with Crippen LogP contribution in [0.4, 0.5) is 5.95 Å². The van der Waals surface area contributed by atoms with Crippen molar-refractivity contribution in [2.45, 2.75) is 44.6 Å². The summed E-state index contributed by atoms with van der Waals surface area (Å²) in [5, 5.41) is 19.1. The molecule has 1 aliphatic heterocycles. The molecule has 126 valence electrons. The maximum Gasteiger partial charge on any atom is 0.245 e. The van der Waals surface area contributed by atoms with Gasteiger partial charge in [0.2, 0.25) is 11.8 Å². The van der Waals surface area contributed by atoms with Crippen molar-refractivity contribution in [3.8, 4) is 5.88 Å². The van der Waals surface area contributed by atoms with Crippen LogP contribution >= 0.6 is 0 Å². The average Bonchev–Trinajstić information content (AvgIpc) is 3.10. The van der Waals surface area contributed by atoms with E-state index in [-0.39, 0.29) is 12.6 Å². The quantitative estimate of drug-likeness (QED) is 0.644. The van der Waals surface area contributed by atoms with Crippen molar-refractivity contribution in [1.82, 2.24) is 19.5 Å². The van der Waals surface area contributed by atoms with Gasteiger partial charge in [0.1, 0.15) is 12.3 Å². The van der Waals surface area contributed by atoms with Gasteiger partial charge in [0.05, 0.1) is 25.6 Å². The van der Waals surface area contributed by atoms with E-state index < -0.39 is 18.4 Å². The van der Waals surface area contributed by atoms with Crippen molar-refractivity contribution in [1.29, 1.82) is 0 Å². The number of imidazole rings is 1. The highest BCUT2D eigenvalue weighted by Gasteiger charge is 2.35. The molecule has 0 saturated carbocycles. The number of fused-ring (bicyclic) bond motifs is 1. The number of aromatic nitrogens is 4. The van der Waals surface area contributed by atoms with Gasteiger partial charge in [-0.05, 0) is 6.42 Å². The first-order chi connectivity index (χ1) is 11.1. The molecule has 0 radical (unpaired) electrons. The van der Waals surface area contributed by atoms with Gasteiger partial charge < -0.3 is 25.4 Å². The smallest absolute Gasteiger partial charge is 0.245 e. The lowest BCUT2D eigenvalue weighted by molar-refractivity contribution is -0.0431. The maximum atomic E-state index is 9.92. The predicted octanol–water partition coefficient (Wildman–Crippen LogP) is 0.228. The zero-order valence-electron chi connectivity index (χ0n) is 12.9.